The van der Waals surface area contributed by atoms with Crippen LogP contribution in [0.2, 0.25) is 0 Å². The molecule has 0 spiro atoms. The fourth-order valence-electron chi connectivity index (χ4n) is 2.48. The van der Waals surface area contributed by atoms with Crippen LogP contribution in [0.5, 0.6) is 0 Å². The topological polar surface area (TPSA) is 47.1 Å². The monoisotopic (exact) mass is 284 g/mol. The average Bonchev–Trinajstić information content (AvgIpc) is 2.96. The molecule has 2 heterocycles. The van der Waals surface area contributed by atoms with Gasteiger partial charge in [0.15, 0.2) is 0 Å². The third kappa shape index (κ3) is 2.41. The highest BCUT2D eigenvalue weighted by atomic mass is 16.7. The molecule has 0 bridgehead atoms. The molecule has 2 aromatic rings. The number of hydrogen-bond acceptors (Lipinski definition) is 3. The summed E-state index contributed by atoms with van der Waals surface area (Å²) in [6, 6.07) is 6.22. The Hall–Kier alpha value is -1.59. The third-order valence-corrected chi connectivity index (χ3v) is 4.55. The zero-order valence-corrected chi connectivity index (χ0v) is 13.2. The number of nitrogens with zero attached hydrogens (tertiary/aromatic N) is 1. The number of aryl methyl sites for hydroxylation is 1. The van der Waals surface area contributed by atoms with Crippen LogP contribution < -0.4 is 5.46 Å². The highest BCUT2D eigenvalue weighted by molar-refractivity contribution is 6.62. The van der Waals surface area contributed by atoms with Gasteiger partial charge in [-0.05, 0) is 46.1 Å². The predicted molar refractivity (Wildman–Crippen MR) is 84.5 cm³/mol. The molecule has 0 atom stereocenters. The van der Waals surface area contributed by atoms with Crippen LogP contribution in [-0.2, 0) is 9.31 Å². The van der Waals surface area contributed by atoms with Crippen molar-refractivity contribution in [3.05, 3.63) is 36.2 Å². The standard InChI is InChI=1S/C16H21BN2O2/c1-11-10-12(14-18-8-9-19-14)6-7-13(11)17-20-15(2,3)16(4,5)21-17/h6-10H,1-5H3,(H,18,19). The van der Waals surface area contributed by atoms with E-state index < -0.39 is 0 Å². The van der Waals surface area contributed by atoms with Crippen molar-refractivity contribution in [2.45, 2.75) is 45.8 Å². The molecule has 21 heavy (non-hydrogen) atoms. The highest BCUT2D eigenvalue weighted by Gasteiger charge is 2.52. The molecular weight excluding hydrogens is 263 g/mol. The molecule has 1 aliphatic rings. The van der Waals surface area contributed by atoms with E-state index in [4.69, 9.17) is 9.31 Å². The lowest BCUT2D eigenvalue weighted by molar-refractivity contribution is 0.00578. The normalized spacial score (nSPS) is 20.0. The Labute approximate surface area is 126 Å². The van der Waals surface area contributed by atoms with Gasteiger partial charge in [0.05, 0.1) is 11.2 Å². The molecule has 3 rings (SSSR count). The summed E-state index contributed by atoms with van der Waals surface area (Å²) in [4.78, 5) is 7.41. The van der Waals surface area contributed by atoms with Gasteiger partial charge < -0.3 is 14.3 Å². The Balaban J connectivity index is 1.91. The van der Waals surface area contributed by atoms with Crippen LogP contribution in [0.4, 0.5) is 0 Å². The molecule has 1 aromatic carbocycles. The first-order valence-electron chi connectivity index (χ1n) is 7.26. The maximum absolute atomic E-state index is 6.12. The molecule has 1 saturated heterocycles. The van der Waals surface area contributed by atoms with Crippen molar-refractivity contribution in [1.82, 2.24) is 9.97 Å². The molecule has 1 aliphatic heterocycles. The highest BCUT2D eigenvalue weighted by Crippen LogP contribution is 2.36. The van der Waals surface area contributed by atoms with Crippen LogP contribution in [0.15, 0.2) is 30.6 Å². The molecule has 0 amide bonds. The minimum absolute atomic E-state index is 0.316. The molecule has 0 aliphatic carbocycles. The summed E-state index contributed by atoms with van der Waals surface area (Å²) in [6.45, 7) is 10.4. The lowest BCUT2D eigenvalue weighted by atomic mass is 9.76. The largest absolute Gasteiger partial charge is 0.495 e. The minimum atomic E-state index is -0.319. The van der Waals surface area contributed by atoms with E-state index in [2.05, 4.69) is 56.7 Å². The Bertz CT molecular complexity index is 634. The van der Waals surface area contributed by atoms with Crippen LogP contribution >= 0.6 is 0 Å². The van der Waals surface area contributed by atoms with Gasteiger partial charge in [0.2, 0.25) is 0 Å². The molecule has 0 saturated carbocycles. The second-order valence-corrected chi connectivity index (χ2v) is 6.60. The molecule has 110 valence electrons. The summed E-state index contributed by atoms with van der Waals surface area (Å²) in [6.07, 6.45) is 3.58. The number of nitrogens with one attached hydrogen (secondary N) is 1. The Kier molecular flexibility index (Phi) is 3.22. The van der Waals surface area contributed by atoms with Gasteiger partial charge in [-0.2, -0.15) is 0 Å². The van der Waals surface area contributed by atoms with E-state index in [9.17, 15) is 0 Å². The molecular formula is C16H21BN2O2. The van der Waals surface area contributed by atoms with Crippen molar-refractivity contribution in [2.24, 2.45) is 0 Å². The minimum Gasteiger partial charge on any atom is -0.399 e. The van der Waals surface area contributed by atoms with Crippen molar-refractivity contribution in [2.75, 3.05) is 0 Å². The van der Waals surface area contributed by atoms with Crippen LogP contribution in [0.1, 0.15) is 33.3 Å². The van der Waals surface area contributed by atoms with Gasteiger partial charge in [-0.25, -0.2) is 4.98 Å². The van der Waals surface area contributed by atoms with E-state index in [1.807, 2.05) is 12.3 Å². The Morgan fingerprint density at radius 3 is 2.29 bits per heavy atom. The van der Waals surface area contributed by atoms with Crippen molar-refractivity contribution >= 4 is 12.6 Å². The van der Waals surface area contributed by atoms with Gasteiger partial charge in [0.25, 0.3) is 0 Å². The van der Waals surface area contributed by atoms with Crippen molar-refractivity contribution < 1.29 is 9.31 Å². The molecule has 5 heteroatoms. The third-order valence-electron chi connectivity index (χ3n) is 4.55. The van der Waals surface area contributed by atoms with Crippen molar-refractivity contribution in [3.8, 4) is 11.4 Å². The van der Waals surface area contributed by atoms with Gasteiger partial charge in [-0.3, -0.25) is 0 Å². The summed E-state index contributed by atoms with van der Waals surface area (Å²) >= 11 is 0. The van der Waals surface area contributed by atoms with Crippen LogP contribution in [0.3, 0.4) is 0 Å². The smallest absolute Gasteiger partial charge is 0.399 e. The summed E-state index contributed by atoms with van der Waals surface area (Å²) in [5.74, 6) is 0.874. The maximum atomic E-state index is 6.12. The number of aromatic nitrogens is 2. The van der Waals surface area contributed by atoms with Crippen molar-refractivity contribution in [1.29, 1.82) is 0 Å². The van der Waals surface area contributed by atoms with Crippen LogP contribution in [-0.4, -0.2) is 28.3 Å². The Morgan fingerprint density at radius 2 is 1.76 bits per heavy atom. The van der Waals surface area contributed by atoms with E-state index >= 15 is 0 Å². The quantitative estimate of drug-likeness (QED) is 0.862. The zero-order chi connectivity index (χ0) is 15.3. The molecule has 0 unspecified atom stereocenters. The molecule has 4 nitrogen and oxygen atoms in total. The Morgan fingerprint density at radius 1 is 1.10 bits per heavy atom. The summed E-state index contributed by atoms with van der Waals surface area (Å²) in [7, 11) is -0.319. The molecule has 1 aromatic heterocycles. The summed E-state index contributed by atoms with van der Waals surface area (Å²) in [5.41, 5.74) is 2.65. The maximum Gasteiger partial charge on any atom is 0.495 e. The molecule has 0 radical (unpaired) electrons. The lowest BCUT2D eigenvalue weighted by Gasteiger charge is -2.32. The first kappa shape index (κ1) is 14.4. The second-order valence-electron chi connectivity index (χ2n) is 6.60. The fourth-order valence-corrected chi connectivity index (χ4v) is 2.48. The van der Waals surface area contributed by atoms with Gasteiger partial charge in [-0.1, -0.05) is 17.7 Å². The molecule has 1 fully saturated rings. The van der Waals surface area contributed by atoms with E-state index in [1.165, 1.54) is 0 Å². The first-order valence-corrected chi connectivity index (χ1v) is 7.26. The number of H-pyrrole nitrogens is 1. The van der Waals surface area contributed by atoms with Crippen LogP contribution in [0, 0.1) is 6.92 Å². The van der Waals surface area contributed by atoms with E-state index in [0.717, 1.165) is 22.4 Å². The van der Waals surface area contributed by atoms with E-state index in [-0.39, 0.29) is 18.3 Å². The lowest BCUT2D eigenvalue weighted by Crippen LogP contribution is -2.41. The summed E-state index contributed by atoms with van der Waals surface area (Å²) < 4.78 is 12.2. The summed E-state index contributed by atoms with van der Waals surface area (Å²) in [5, 5.41) is 0. The van der Waals surface area contributed by atoms with Crippen molar-refractivity contribution in [3.63, 3.8) is 0 Å². The number of hydrogen-bond donors (Lipinski definition) is 1. The second kappa shape index (κ2) is 4.72. The van der Waals surface area contributed by atoms with E-state index in [0.29, 0.717) is 0 Å². The van der Waals surface area contributed by atoms with Gasteiger partial charge in [-0.15, -0.1) is 0 Å². The zero-order valence-electron chi connectivity index (χ0n) is 13.2. The van der Waals surface area contributed by atoms with Crippen LogP contribution in [0.25, 0.3) is 11.4 Å². The first-order chi connectivity index (χ1) is 9.80. The number of benzene rings is 1. The van der Waals surface area contributed by atoms with Gasteiger partial charge in [0, 0.05) is 18.0 Å². The van der Waals surface area contributed by atoms with Gasteiger partial charge >= 0.3 is 7.12 Å². The number of aromatic amines is 1. The average molecular weight is 284 g/mol. The number of imidazole rings is 1. The predicted octanol–water partition coefficient (Wildman–Crippen LogP) is 2.68. The SMILES string of the molecule is Cc1cc(-c2ncc[nH]2)ccc1B1OC(C)(C)C(C)(C)O1. The van der Waals surface area contributed by atoms with E-state index in [1.54, 1.807) is 6.20 Å². The molecule has 1 N–H and O–H groups in total. The number of rotatable bonds is 2. The fraction of sp³-hybridized carbons (Fsp3) is 0.438. The van der Waals surface area contributed by atoms with Gasteiger partial charge in [0.1, 0.15) is 5.82 Å².